The molecule has 0 aromatic rings. The van der Waals surface area contributed by atoms with E-state index in [0.29, 0.717) is 6.42 Å². The average Bonchev–Trinajstić information content (AvgIpc) is 2.61. The van der Waals surface area contributed by atoms with Crippen LogP contribution in [-0.4, -0.2) is 41.0 Å². The van der Waals surface area contributed by atoms with Crippen molar-refractivity contribution in [2.45, 2.75) is 89.8 Å². The third-order valence-corrected chi connectivity index (χ3v) is 4.41. The SMILES string of the molecule is C[C@@H]1CCCCCCCCC[C@H](OC(=O)CCC(=O)O)C(=O)/C=C/C(=O)O1. The minimum absolute atomic E-state index is 0.213. The van der Waals surface area contributed by atoms with Crippen LogP contribution in [0.1, 0.15) is 77.6 Å². The molecule has 7 nitrogen and oxygen atoms in total. The monoisotopic (exact) mass is 382 g/mol. The van der Waals surface area contributed by atoms with E-state index < -0.39 is 29.8 Å². The Hall–Kier alpha value is -2.18. The second kappa shape index (κ2) is 13.1. The minimum atomic E-state index is -1.10. The molecule has 0 amide bonds. The molecule has 7 heteroatoms. The molecule has 1 heterocycles. The quantitative estimate of drug-likeness (QED) is 0.743. The summed E-state index contributed by atoms with van der Waals surface area (Å²) in [5, 5.41) is 8.63. The average molecular weight is 382 g/mol. The highest BCUT2D eigenvalue weighted by Gasteiger charge is 2.21. The standard InChI is InChI=1S/C20H30O7/c1-15-9-7-5-3-2-4-6-8-10-17(16(21)11-13-19(24)26-15)27-20(25)14-12-18(22)23/h11,13,15,17H,2-10,12,14H2,1H3,(H,22,23)/b13-11+/t15-,17+/m1/s1. The molecule has 27 heavy (non-hydrogen) atoms. The van der Waals surface area contributed by atoms with Gasteiger partial charge in [-0.15, -0.1) is 0 Å². The summed E-state index contributed by atoms with van der Waals surface area (Å²) in [4.78, 5) is 46.5. The maximum atomic E-state index is 12.3. The van der Waals surface area contributed by atoms with Crippen LogP contribution in [0.25, 0.3) is 0 Å². The highest BCUT2D eigenvalue weighted by molar-refractivity contribution is 5.99. The lowest BCUT2D eigenvalue weighted by molar-refractivity contribution is -0.155. The van der Waals surface area contributed by atoms with Gasteiger partial charge in [-0.3, -0.25) is 14.4 Å². The Morgan fingerprint density at radius 3 is 2.22 bits per heavy atom. The maximum absolute atomic E-state index is 12.3. The molecule has 0 fully saturated rings. The van der Waals surface area contributed by atoms with Gasteiger partial charge in [-0.25, -0.2) is 4.79 Å². The smallest absolute Gasteiger partial charge is 0.331 e. The van der Waals surface area contributed by atoms with Gasteiger partial charge in [0, 0.05) is 6.08 Å². The number of cyclic esters (lactones) is 1. The molecule has 0 unspecified atom stereocenters. The lowest BCUT2D eigenvalue weighted by Gasteiger charge is -2.16. The molecular formula is C20H30O7. The number of carboxylic acids is 1. The van der Waals surface area contributed by atoms with Crippen molar-refractivity contribution in [2.24, 2.45) is 0 Å². The fraction of sp³-hybridized carbons (Fsp3) is 0.700. The molecule has 1 aliphatic heterocycles. The molecule has 0 saturated heterocycles. The number of hydrogen-bond donors (Lipinski definition) is 1. The topological polar surface area (TPSA) is 107 Å². The second-order valence-corrected chi connectivity index (χ2v) is 6.91. The number of carbonyl (C=O) groups is 4. The Labute approximate surface area is 160 Å². The van der Waals surface area contributed by atoms with Crippen molar-refractivity contribution >= 4 is 23.7 Å². The van der Waals surface area contributed by atoms with Gasteiger partial charge in [0.15, 0.2) is 11.9 Å². The van der Waals surface area contributed by atoms with Crippen molar-refractivity contribution < 1.29 is 33.8 Å². The highest BCUT2D eigenvalue weighted by Crippen LogP contribution is 2.15. The lowest BCUT2D eigenvalue weighted by Crippen LogP contribution is -2.26. The van der Waals surface area contributed by atoms with Gasteiger partial charge in [0.2, 0.25) is 0 Å². The number of ether oxygens (including phenoxy) is 2. The normalized spacial score (nSPS) is 24.6. The van der Waals surface area contributed by atoms with Gasteiger partial charge in [0.1, 0.15) is 0 Å². The summed E-state index contributed by atoms with van der Waals surface area (Å²) in [7, 11) is 0. The Bertz CT molecular complexity index is 538. The molecule has 2 atom stereocenters. The van der Waals surface area contributed by atoms with E-state index in [-0.39, 0.29) is 18.9 Å². The summed E-state index contributed by atoms with van der Waals surface area (Å²) >= 11 is 0. The van der Waals surface area contributed by atoms with Gasteiger partial charge in [-0.1, -0.05) is 32.1 Å². The van der Waals surface area contributed by atoms with Gasteiger partial charge < -0.3 is 14.6 Å². The summed E-state index contributed by atoms with van der Waals surface area (Å²) in [6.07, 6.45) is 8.45. The number of hydrogen-bond acceptors (Lipinski definition) is 6. The number of carbonyl (C=O) groups excluding carboxylic acids is 3. The Kier molecular flexibility index (Phi) is 11.1. The molecule has 0 aromatic heterocycles. The first-order valence-corrected chi connectivity index (χ1v) is 9.72. The van der Waals surface area contributed by atoms with Crippen LogP contribution >= 0.6 is 0 Å². The summed E-state index contributed by atoms with van der Waals surface area (Å²) < 4.78 is 10.4. The van der Waals surface area contributed by atoms with Crippen LogP contribution in [0.15, 0.2) is 12.2 Å². The first kappa shape index (κ1) is 22.9. The van der Waals surface area contributed by atoms with Crippen LogP contribution in [0.4, 0.5) is 0 Å². The van der Waals surface area contributed by atoms with Crippen LogP contribution in [0.3, 0.4) is 0 Å². The molecule has 0 bridgehead atoms. The molecule has 1 N–H and O–H groups in total. The summed E-state index contributed by atoms with van der Waals surface area (Å²) in [5.74, 6) is -2.92. The van der Waals surface area contributed by atoms with Crippen molar-refractivity contribution in [2.75, 3.05) is 0 Å². The summed E-state index contributed by atoms with van der Waals surface area (Å²) in [6.45, 7) is 1.82. The first-order chi connectivity index (χ1) is 12.9. The molecule has 1 rings (SSSR count). The van der Waals surface area contributed by atoms with Crippen LogP contribution in [0, 0.1) is 0 Å². The van der Waals surface area contributed by atoms with E-state index in [1.54, 1.807) is 0 Å². The molecule has 152 valence electrons. The second-order valence-electron chi connectivity index (χ2n) is 6.91. The largest absolute Gasteiger partial charge is 0.481 e. The van der Waals surface area contributed by atoms with Crippen molar-refractivity contribution in [3.05, 3.63) is 12.2 Å². The predicted molar refractivity (Wildman–Crippen MR) is 98.0 cm³/mol. The molecular weight excluding hydrogens is 352 g/mol. The zero-order valence-corrected chi connectivity index (χ0v) is 16.0. The van der Waals surface area contributed by atoms with E-state index in [1.165, 1.54) is 0 Å². The zero-order chi connectivity index (χ0) is 20.1. The van der Waals surface area contributed by atoms with Crippen LogP contribution in [0.5, 0.6) is 0 Å². The van der Waals surface area contributed by atoms with Gasteiger partial charge >= 0.3 is 17.9 Å². The Balaban J connectivity index is 2.70. The van der Waals surface area contributed by atoms with Gasteiger partial charge in [0.05, 0.1) is 18.9 Å². The van der Waals surface area contributed by atoms with E-state index in [4.69, 9.17) is 14.6 Å². The number of carboxylic acid groups (broad SMARTS) is 1. The van der Waals surface area contributed by atoms with E-state index in [9.17, 15) is 19.2 Å². The van der Waals surface area contributed by atoms with E-state index in [1.807, 2.05) is 6.92 Å². The molecule has 1 aliphatic rings. The number of ketones is 1. The third kappa shape index (κ3) is 11.2. The van der Waals surface area contributed by atoms with E-state index in [2.05, 4.69) is 0 Å². The van der Waals surface area contributed by atoms with Crippen LogP contribution in [-0.2, 0) is 28.7 Å². The lowest BCUT2D eigenvalue weighted by atomic mass is 10.0. The summed E-state index contributed by atoms with van der Waals surface area (Å²) in [6, 6.07) is 0. The molecule has 0 saturated carbocycles. The number of aliphatic carboxylic acids is 1. The third-order valence-electron chi connectivity index (χ3n) is 4.41. The van der Waals surface area contributed by atoms with E-state index >= 15 is 0 Å². The Morgan fingerprint density at radius 2 is 1.59 bits per heavy atom. The van der Waals surface area contributed by atoms with Crippen LogP contribution < -0.4 is 0 Å². The van der Waals surface area contributed by atoms with Crippen LogP contribution in [0.2, 0.25) is 0 Å². The molecule has 0 spiro atoms. The fourth-order valence-electron chi connectivity index (χ4n) is 2.89. The fourth-order valence-corrected chi connectivity index (χ4v) is 2.89. The number of esters is 2. The van der Waals surface area contributed by atoms with Crippen molar-refractivity contribution in [1.82, 2.24) is 0 Å². The van der Waals surface area contributed by atoms with Gasteiger partial charge in [0.25, 0.3) is 0 Å². The molecule has 0 aromatic carbocycles. The highest BCUT2D eigenvalue weighted by atomic mass is 16.5. The number of rotatable bonds is 4. The Morgan fingerprint density at radius 1 is 1.00 bits per heavy atom. The first-order valence-electron chi connectivity index (χ1n) is 9.72. The predicted octanol–water partition coefficient (Wildman–Crippen LogP) is 3.34. The molecule has 0 aliphatic carbocycles. The zero-order valence-electron chi connectivity index (χ0n) is 16.0. The van der Waals surface area contributed by atoms with Crippen molar-refractivity contribution in [3.8, 4) is 0 Å². The van der Waals surface area contributed by atoms with E-state index in [0.717, 1.165) is 63.5 Å². The van der Waals surface area contributed by atoms with Gasteiger partial charge in [-0.05, 0) is 38.7 Å². The maximum Gasteiger partial charge on any atom is 0.331 e. The summed E-state index contributed by atoms with van der Waals surface area (Å²) in [5.41, 5.74) is 0. The minimum Gasteiger partial charge on any atom is -0.481 e. The van der Waals surface area contributed by atoms with Gasteiger partial charge in [-0.2, -0.15) is 0 Å². The molecule has 0 radical (unpaired) electrons. The van der Waals surface area contributed by atoms with Crippen molar-refractivity contribution in [1.29, 1.82) is 0 Å². The van der Waals surface area contributed by atoms with Crippen molar-refractivity contribution in [3.63, 3.8) is 0 Å².